The lowest BCUT2D eigenvalue weighted by molar-refractivity contribution is -0.123. The summed E-state index contributed by atoms with van der Waals surface area (Å²) in [5.74, 6) is 1.50. The third-order valence-electron chi connectivity index (χ3n) is 8.53. The molecule has 1 aliphatic carbocycles. The quantitative estimate of drug-likeness (QED) is 0.366. The number of hydrogen-bond donors (Lipinski definition) is 1. The maximum Gasteiger partial charge on any atom is 0.234 e. The van der Waals surface area contributed by atoms with Crippen LogP contribution in [0.15, 0.2) is 54.9 Å². The number of hydrogen-bond acceptors (Lipinski definition) is 5. The molecule has 0 radical (unpaired) electrons. The summed E-state index contributed by atoms with van der Waals surface area (Å²) in [5, 5.41) is 3.33. The van der Waals surface area contributed by atoms with E-state index in [1.54, 1.807) is 14.2 Å². The minimum atomic E-state index is -0.0193. The summed E-state index contributed by atoms with van der Waals surface area (Å²) in [7, 11) is 3.34. The first kappa shape index (κ1) is 25.4. The Morgan fingerprint density at radius 2 is 1.74 bits per heavy atom. The van der Waals surface area contributed by atoms with Crippen LogP contribution in [0.5, 0.6) is 11.5 Å². The van der Waals surface area contributed by atoms with Crippen molar-refractivity contribution < 1.29 is 14.3 Å². The number of fused-ring (bicyclic) bond motifs is 3. The van der Waals surface area contributed by atoms with Crippen LogP contribution in [-0.4, -0.2) is 47.7 Å². The van der Waals surface area contributed by atoms with Crippen LogP contribution < -0.4 is 14.8 Å². The van der Waals surface area contributed by atoms with Crippen molar-refractivity contribution >= 4 is 16.9 Å². The summed E-state index contributed by atoms with van der Waals surface area (Å²) in [6, 6.07) is 17.0. The fourth-order valence-electron chi connectivity index (χ4n) is 6.26. The van der Waals surface area contributed by atoms with E-state index in [9.17, 15) is 4.79 Å². The highest BCUT2D eigenvalue weighted by molar-refractivity contribution is 5.79. The number of nitrogens with zero attached hydrogens (tertiary/aromatic N) is 3. The molecule has 6 rings (SSSR count). The number of ether oxygens (including phenoxy) is 2. The van der Waals surface area contributed by atoms with Crippen molar-refractivity contribution in [2.24, 2.45) is 0 Å². The van der Waals surface area contributed by atoms with Crippen LogP contribution in [0, 0.1) is 13.8 Å². The molecule has 39 heavy (non-hydrogen) atoms. The predicted octanol–water partition coefficient (Wildman–Crippen LogP) is 5.07. The summed E-state index contributed by atoms with van der Waals surface area (Å²) in [4.78, 5) is 20.4. The van der Waals surface area contributed by atoms with E-state index in [-0.39, 0.29) is 18.0 Å². The number of rotatable bonds is 7. The lowest BCUT2D eigenvalue weighted by Gasteiger charge is -2.38. The molecule has 2 atom stereocenters. The second-order valence-corrected chi connectivity index (χ2v) is 10.8. The van der Waals surface area contributed by atoms with Gasteiger partial charge in [0, 0.05) is 13.1 Å². The van der Waals surface area contributed by atoms with E-state index in [1.165, 1.54) is 33.4 Å². The second kappa shape index (κ2) is 10.4. The van der Waals surface area contributed by atoms with Gasteiger partial charge in [0.25, 0.3) is 0 Å². The lowest BCUT2D eigenvalue weighted by Crippen LogP contribution is -2.44. The molecule has 0 saturated carbocycles. The molecule has 1 aromatic heterocycles. The summed E-state index contributed by atoms with van der Waals surface area (Å²) in [6.45, 7) is 6.06. The number of carbonyl (C=O) groups is 1. The number of carbonyl (C=O) groups excluding carboxylic acids is 1. The van der Waals surface area contributed by atoms with Gasteiger partial charge in [-0.1, -0.05) is 24.3 Å². The van der Waals surface area contributed by atoms with Crippen LogP contribution >= 0.6 is 0 Å². The molecule has 0 fully saturated rings. The molecule has 0 spiro atoms. The Bertz CT molecular complexity index is 1540. The van der Waals surface area contributed by atoms with Crippen LogP contribution in [0.3, 0.4) is 0 Å². The molecule has 4 aromatic rings. The van der Waals surface area contributed by atoms with Gasteiger partial charge in [-0.2, -0.15) is 0 Å². The normalized spacial score (nSPS) is 18.6. The number of imidazole rings is 1. The first-order valence-electron chi connectivity index (χ1n) is 13.7. The maximum atomic E-state index is 13.4. The number of aromatic nitrogens is 2. The van der Waals surface area contributed by atoms with Crippen molar-refractivity contribution in [3.8, 4) is 11.5 Å². The number of benzene rings is 3. The highest BCUT2D eigenvalue weighted by Crippen LogP contribution is 2.39. The largest absolute Gasteiger partial charge is 0.493 e. The molecule has 1 amide bonds. The van der Waals surface area contributed by atoms with Crippen LogP contribution in [0.25, 0.3) is 11.0 Å². The molecule has 0 saturated heterocycles. The van der Waals surface area contributed by atoms with Gasteiger partial charge in [-0.05, 0) is 90.8 Å². The van der Waals surface area contributed by atoms with Crippen LogP contribution in [0.4, 0.5) is 0 Å². The SMILES string of the molecule is COc1cc2c(cc1OC)C(Cn1cnc3cc(C)c(C)cc31)N(CC(=O)NC1CCc3ccccc31)CC2. The average Bonchev–Trinajstić information content (AvgIpc) is 3.53. The van der Waals surface area contributed by atoms with Crippen molar-refractivity contribution in [1.82, 2.24) is 19.8 Å². The summed E-state index contributed by atoms with van der Waals surface area (Å²) < 4.78 is 13.5. The van der Waals surface area contributed by atoms with E-state index in [0.29, 0.717) is 18.8 Å². The van der Waals surface area contributed by atoms with Gasteiger partial charge in [0.15, 0.2) is 11.5 Å². The Morgan fingerprint density at radius 1 is 0.974 bits per heavy atom. The van der Waals surface area contributed by atoms with E-state index < -0.39 is 0 Å². The van der Waals surface area contributed by atoms with Crippen LogP contribution in [0.2, 0.25) is 0 Å². The molecule has 2 heterocycles. The first-order chi connectivity index (χ1) is 18.9. The molecule has 7 nitrogen and oxygen atoms in total. The van der Waals surface area contributed by atoms with E-state index >= 15 is 0 Å². The smallest absolute Gasteiger partial charge is 0.234 e. The molecular formula is C32H36N4O3. The van der Waals surface area contributed by atoms with E-state index in [1.807, 2.05) is 6.33 Å². The van der Waals surface area contributed by atoms with Gasteiger partial charge in [-0.25, -0.2) is 4.98 Å². The Morgan fingerprint density at radius 3 is 2.56 bits per heavy atom. The number of nitrogens with one attached hydrogen (secondary N) is 1. The summed E-state index contributed by atoms with van der Waals surface area (Å²) in [6.07, 6.45) is 4.73. The molecule has 3 aromatic carbocycles. The van der Waals surface area contributed by atoms with Crippen molar-refractivity contribution in [2.75, 3.05) is 27.3 Å². The fourth-order valence-corrected chi connectivity index (χ4v) is 6.26. The molecular weight excluding hydrogens is 488 g/mol. The Labute approximate surface area is 229 Å². The topological polar surface area (TPSA) is 68.6 Å². The van der Waals surface area contributed by atoms with Gasteiger partial charge in [-0.15, -0.1) is 0 Å². The standard InChI is InChI=1S/C32H36N4O3/c1-20-13-27-28(14-21(20)2)36(19-33-27)17-29-25-16-31(39-4)30(38-3)15-23(25)11-12-35(29)18-32(37)34-26-10-9-22-7-5-6-8-24(22)26/h5-8,13-16,19,26,29H,9-12,17-18H2,1-4H3,(H,34,37). The maximum absolute atomic E-state index is 13.4. The van der Waals surface area contributed by atoms with Crippen molar-refractivity contribution in [1.29, 1.82) is 0 Å². The molecule has 0 bridgehead atoms. The van der Waals surface area contributed by atoms with E-state index in [0.717, 1.165) is 42.6 Å². The van der Waals surface area contributed by atoms with E-state index in [4.69, 9.17) is 14.5 Å². The zero-order chi connectivity index (χ0) is 27.1. The second-order valence-electron chi connectivity index (χ2n) is 10.8. The zero-order valence-corrected chi connectivity index (χ0v) is 23.2. The van der Waals surface area contributed by atoms with Crippen LogP contribution in [-0.2, 0) is 24.2 Å². The molecule has 7 heteroatoms. The molecule has 2 aliphatic rings. The Hall–Kier alpha value is -3.84. The summed E-state index contributed by atoms with van der Waals surface area (Å²) in [5.41, 5.74) is 9.57. The first-order valence-corrected chi connectivity index (χ1v) is 13.7. The molecule has 2 unspecified atom stereocenters. The minimum absolute atomic E-state index is 0.0193. The zero-order valence-electron chi connectivity index (χ0n) is 23.2. The summed E-state index contributed by atoms with van der Waals surface area (Å²) >= 11 is 0. The predicted molar refractivity (Wildman–Crippen MR) is 152 cm³/mol. The number of aryl methyl sites for hydroxylation is 3. The average molecular weight is 525 g/mol. The molecule has 1 aliphatic heterocycles. The van der Waals surface area contributed by atoms with Gasteiger partial charge in [0.2, 0.25) is 5.91 Å². The third kappa shape index (κ3) is 4.76. The number of methoxy groups -OCH3 is 2. The van der Waals surface area contributed by atoms with Crippen molar-refractivity contribution in [3.63, 3.8) is 0 Å². The highest BCUT2D eigenvalue weighted by Gasteiger charge is 2.32. The van der Waals surface area contributed by atoms with Gasteiger partial charge < -0.3 is 19.4 Å². The monoisotopic (exact) mass is 524 g/mol. The Balaban J connectivity index is 1.31. The number of amides is 1. The minimum Gasteiger partial charge on any atom is -0.493 e. The van der Waals surface area contributed by atoms with Crippen molar-refractivity contribution in [3.05, 3.63) is 88.2 Å². The Kier molecular flexibility index (Phi) is 6.77. The van der Waals surface area contributed by atoms with E-state index in [2.05, 4.69) is 77.2 Å². The molecule has 202 valence electrons. The fraction of sp³-hybridized carbons (Fsp3) is 0.375. The van der Waals surface area contributed by atoms with Gasteiger partial charge in [-0.3, -0.25) is 9.69 Å². The highest BCUT2D eigenvalue weighted by atomic mass is 16.5. The van der Waals surface area contributed by atoms with Crippen LogP contribution in [0.1, 0.15) is 51.9 Å². The van der Waals surface area contributed by atoms with Gasteiger partial charge in [0.1, 0.15) is 0 Å². The van der Waals surface area contributed by atoms with Crippen molar-refractivity contribution in [2.45, 2.75) is 51.7 Å². The lowest BCUT2D eigenvalue weighted by atomic mass is 9.91. The third-order valence-corrected chi connectivity index (χ3v) is 8.53. The molecule has 1 N–H and O–H groups in total. The van der Waals surface area contributed by atoms with Gasteiger partial charge in [0.05, 0.1) is 50.2 Å². The van der Waals surface area contributed by atoms with Gasteiger partial charge >= 0.3 is 0 Å².